The lowest BCUT2D eigenvalue weighted by molar-refractivity contribution is 0.102. The number of methoxy groups -OCH3 is 1. The second kappa shape index (κ2) is 7.52. The monoisotopic (exact) mass is 386 g/mol. The lowest BCUT2D eigenvalue weighted by Gasteiger charge is -2.15. The molecule has 0 aliphatic heterocycles. The minimum atomic E-state index is -0.698. The van der Waals surface area contributed by atoms with Crippen molar-refractivity contribution in [2.45, 2.75) is 0 Å². The molecule has 0 saturated carbocycles. The molecule has 0 atom stereocenters. The lowest BCUT2D eigenvalue weighted by Crippen LogP contribution is -2.29. The van der Waals surface area contributed by atoms with Crippen LogP contribution in [0.3, 0.4) is 0 Å². The number of para-hydroxylation sites is 2. The van der Waals surface area contributed by atoms with Gasteiger partial charge in [0.05, 0.1) is 12.6 Å². The summed E-state index contributed by atoms with van der Waals surface area (Å²) in [5, 5.41) is 13.8. The number of aromatic nitrogens is 1. The highest BCUT2D eigenvalue weighted by molar-refractivity contribution is 6.09. The molecular formula is C23H18N2O4. The Hall–Kier alpha value is -4.06. The maximum Gasteiger partial charge on any atom is 0.272 e. The molecule has 0 unspecified atom stereocenters. The van der Waals surface area contributed by atoms with Gasteiger partial charge in [0.1, 0.15) is 17.1 Å². The summed E-state index contributed by atoms with van der Waals surface area (Å²) in [4.78, 5) is 26.2. The van der Waals surface area contributed by atoms with Crippen LogP contribution in [0, 0.1) is 0 Å². The van der Waals surface area contributed by atoms with Gasteiger partial charge < -0.3 is 15.2 Å². The first-order chi connectivity index (χ1) is 14.1. The summed E-state index contributed by atoms with van der Waals surface area (Å²) in [5.74, 6) is -0.485. The van der Waals surface area contributed by atoms with E-state index in [-0.39, 0.29) is 11.3 Å². The number of benzene rings is 3. The number of aromatic hydroxyl groups is 1. The average molecular weight is 386 g/mol. The van der Waals surface area contributed by atoms with Crippen LogP contribution in [0.25, 0.3) is 16.6 Å². The smallest absolute Gasteiger partial charge is 0.272 e. The molecule has 0 fully saturated rings. The summed E-state index contributed by atoms with van der Waals surface area (Å²) in [5.41, 5.74) is 0.638. The molecule has 0 spiro atoms. The van der Waals surface area contributed by atoms with E-state index in [9.17, 15) is 14.7 Å². The highest BCUT2D eigenvalue weighted by Crippen LogP contribution is 2.28. The molecule has 4 aromatic rings. The van der Waals surface area contributed by atoms with Gasteiger partial charge in [-0.2, -0.15) is 0 Å². The molecule has 4 rings (SSSR count). The normalized spacial score (nSPS) is 10.7. The molecule has 1 amide bonds. The maximum atomic E-state index is 13.3. The van der Waals surface area contributed by atoms with E-state index in [0.717, 1.165) is 0 Å². The van der Waals surface area contributed by atoms with Crippen molar-refractivity contribution in [2.24, 2.45) is 0 Å². The zero-order chi connectivity index (χ0) is 20.4. The lowest BCUT2D eigenvalue weighted by atomic mass is 10.1. The standard InChI is InChI=1S/C23H18N2O4/c1-29-17-11-7-8-15(14-17)24-22(27)20-21(26)18-12-5-6-13-19(18)25(23(20)28)16-9-3-2-4-10-16/h2-14,26H,1H3,(H,24,27). The zero-order valence-electron chi connectivity index (χ0n) is 15.6. The van der Waals surface area contributed by atoms with Crippen molar-refractivity contribution in [3.05, 3.63) is 94.8 Å². The van der Waals surface area contributed by atoms with E-state index >= 15 is 0 Å². The molecule has 6 heteroatoms. The number of hydrogen-bond donors (Lipinski definition) is 2. The predicted octanol–water partition coefficient (Wildman–Crippen LogP) is 3.96. The molecule has 0 aliphatic rings. The van der Waals surface area contributed by atoms with Crippen LogP contribution in [0.5, 0.6) is 11.5 Å². The Morgan fingerprint density at radius 1 is 0.966 bits per heavy atom. The predicted molar refractivity (Wildman–Crippen MR) is 112 cm³/mol. The highest BCUT2D eigenvalue weighted by Gasteiger charge is 2.23. The average Bonchev–Trinajstić information content (AvgIpc) is 2.75. The molecule has 6 nitrogen and oxygen atoms in total. The first-order valence-electron chi connectivity index (χ1n) is 8.97. The number of nitrogens with one attached hydrogen (secondary N) is 1. The van der Waals surface area contributed by atoms with E-state index in [1.54, 1.807) is 72.8 Å². The van der Waals surface area contributed by atoms with Crippen LogP contribution in [0.2, 0.25) is 0 Å². The first-order valence-corrected chi connectivity index (χ1v) is 8.97. The molecule has 0 bridgehead atoms. The van der Waals surface area contributed by atoms with E-state index in [4.69, 9.17) is 4.74 Å². The van der Waals surface area contributed by atoms with Crippen molar-refractivity contribution < 1.29 is 14.6 Å². The van der Waals surface area contributed by atoms with Gasteiger partial charge in [0, 0.05) is 22.8 Å². The Bertz CT molecular complexity index is 1260. The number of fused-ring (bicyclic) bond motifs is 1. The number of ether oxygens (including phenoxy) is 1. The minimum Gasteiger partial charge on any atom is -0.506 e. The van der Waals surface area contributed by atoms with Gasteiger partial charge in [0.2, 0.25) is 0 Å². The van der Waals surface area contributed by atoms with E-state index in [1.165, 1.54) is 11.7 Å². The number of carbonyl (C=O) groups is 1. The summed E-state index contributed by atoms with van der Waals surface area (Å²) in [7, 11) is 1.52. The third-order valence-electron chi connectivity index (χ3n) is 4.62. The van der Waals surface area contributed by atoms with E-state index in [1.807, 2.05) is 6.07 Å². The molecule has 144 valence electrons. The number of hydrogen-bond acceptors (Lipinski definition) is 4. The van der Waals surface area contributed by atoms with Gasteiger partial charge in [0.25, 0.3) is 11.5 Å². The number of carbonyl (C=O) groups excluding carboxylic acids is 1. The summed E-state index contributed by atoms with van der Waals surface area (Å²) in [6.45, 7) is 0. The van der Waals surface area contributed by atoms with Gasteiger partial charge in [-0.1, -0.05) is 36.4 Å². The number of nitrogens with zero attached hydrogens (tertiary/aromatic N) is 1. The van der Waals surface area contributed by atoms with Crippen molar-refractivity contribution >= 4 is 22.5 Å². The van der Waals surface area contributed by atoms with E-state index in [0.29, 0.717) is 28.0 Å². The van der Waals surface area contributed by atoms with Gasteiger partial charge in [-0.25, -0.2) is 0 Å². The molecular weight excluding hydrogens is 368 g/mol. The molecule has 1 heterocycles. The molecule has 29 heavy (non-hydrogen) atoms. The fourth-order valence-electron chi connectivity index (χ4n) is 3.26. The third kappa shape index (κ3) is 3.32. The second-order valence-corrected chi connectivity index (χ2v) is 6.40. The van der Waals surface area contributed by atoms with Crippen LogP contribution in [-0.4, -0.2) is 22.7 Å². The van der Waals surface area contributed by atoms with Crippen molar-refractivity contribution in [3.63, 3.8) is 0 Å². The van der Waals surface area contributed by atoms with E-state index in [2.05, 4.69) is 5.32 Å². The molecule has 1 aromatic heterocycles. The molecule has 0 aliphatic carbocycles. The minimum absolute atomic E-state index is 0.324. The first kappa shape index (κ1) is 18.3. The topological polar surface area (TPSA) is 80.6 Å². The van der Waals surface area contributed by atoms with Gasteiger partial charge in [0.15, 0.2) is 0 Å². The van der Waals surface area contributed by atoms with Crippen LogP contribution in [-0.2, 0) is 0 Å². The Morgan fingerprint density at radius 2 is 1.69 bits per heavy atom. The van der Waals surface area contributed by atoms with Crippen LogP contribution in [0.1, 0.15) is 10.4 Å². The fraction of sp³-hybridized carbons (Fsp3) is 0.0435. The van der Waals surface area contributed by atoms with Crippen LogP contribution in [0.15, 0.2) is 83.7 Å². The van der Waals surface area contributed by atoms with Gasteiger partial charge in [-0.3, -0.25) is 14.2 Å². The molecule has 3 aromatic carbocycles. The Labute approximate surface area is 166 Å². The Kier molecular flexibility index (Phi) is 4.75. The number of rotatable bonds is 4. The van der Waals surface area contributed by atoms with Crippen molar-refractivity contribution in [3.8, 4) is 17.2 Å². The Morgan fingerprint density at radius 3 is 2.45 bits per heavy atom. The quantitative estimate of drug-likeness (QED) is 0.556. The summed E-state index contributed by atoms with van der Waals surface area (Å²) < 4.78 is 6.58. The zero-order valence-corrected chi connectivity index (χ0v) is 15.6. The van der Waals surface area contributed by atoms with Crippen molar-refractivity contribution in [2.75, 3.05) is 12.4 Å². The van der Waals surface area contributed by atoms with Gasteiger partial charge >= 0.3 is 0 Å². The number of pyridine rings is 1. The largest absolute Gasteiger partial charge is 0.506 e. The van der Waals surface area contributed by atoms with Gasteiger partial charge in [-0.15, -0.1) is 0 Å². The number of anilines is 1. The molecule has 0 radical (unpaired) electrons. The van der Waals surface area contributed by atoms with Crippen LogP contribution >= 0.6 is 0 Å². The number of amides is 1. The molecule has 0 saturated heterocycles. The third-order valence-corrected chi connectivity index (χ3v) is 4.62. The van der Waals surface area contributed by atoms with E-state index < -0.39 is 11.5 Å². The second-order valence-electron chi connectivity index (χ2n) is 6.40. The SMILES string of the molecule is COc1cccc(NC(=O)c2c(O)c3ccccc3n(-c3ccccc3)c2=O)c1. The molecule has 2 N–H and O–H groups in total. The van der Waals surface area contributed by atoms with Crippen LogP contribution < -0.4 is 15.6 Å². The maximum absolute atomic E-state index is 13.3. The van der Waals surface area contributed by atoms with Crippen molar-refractivity contribution in [1.29, 1.82) is 0 Å². The van der Waals surface area contributed by atoms with Crippen LogP contribution in [0.4, 0.5) is 5.69 Å². The fourth-order valence-corrected chi connectivity index (χ4v) is 3.26. The highest BCUT2D eigenvalue weighted by atomic mass is 16.5. The van der Waals surface area contributed by atoms with Gasteiger partial charge in [-0.05, 0) is 36.4 Å². The summed E-state index contributed by atoms with van der Waals surface area (Å²) in [6.07, 6.45) is 0. The summed E-state index contributed by atoms with van der Waals surface area (Å²) >= 11 is 0. The Balaban J connectivity index is 1.90. The summed E-state index contributed by atoms with van der Waals surface area (Å²) in [6, 6.07) is 22.7. The van der Waals surface area contributed by atoms with Crippen molar-refractivity contribution in [1.82, 2.24) is 4.57 Å².